The van der Waals surface area contributed by atoms with E-state index in [0.717, 1.165) is 42.1 Å². The molecule has 2 atom stereocenters. The van der Waals surface area contributed by atoms with Crippen LogP contribution in [0.5, 0.6) is 5.75 Å². The second-order valence-corrected chi connectivity index (χ2v) is 8.75. The van der Waals surface area contributed by atoms with Crippen LogP contribution in [0, 0.1) is 0 Å². The molecule has 0 aliphatic carbocycles. The summed E-state index contributed by atoms with van der Waals surface area (Å²) in [7, 11) is 1.62. The topological polar surface area (TPSA) is 81.9 Å². The highest BCUT2D eigenvalue weighted by Gasteiger charge is 2.28. The molecule has 0 aliphatic rings. The lowest BCUT2D eigenvalue weighted by Crippen LogP contribution is -2.40. The number of hydroxylamine groups is 2. The van der Waals surface area contributed by atoms with E-state index in [1.807, 2.05) is 66.7 Å². The van der Waals surface area contributed by atoms with E-state index in [1.54, 1.807) is 21.0 Å². The summed E-state index contributed by atoms with van der Waals surface area (Å²) in [5, 5.41) is 4.01. The Morgan fingerprint density at radius 1 is 0.938 bits per heavy atom. The van der Waals surface area contributed by atoms with Crippen molar-refractivity contribution in [2.24, 2.45) is 5.73 Å². The molecule has 2 amide bonds. The van der Waals surface area contributed by atoms with E-state index in [9.17, 15) is 9.59 Å². The first-order valence-corrected chi connectivity index (χ1v) is 11.1. The van der Waals surface area contributed by atoms with Crippen molar-refractivity contribution in [1.82, 2.24) is 5.06 Å². The molecule has 164 valence electrons. The number of thiophene rings is 1. The standard InChI is InChI=1S/C25H24N2O4S/c1-15(17-8-9-19-13-21(30-3)11-10-18(19)12-17)24(28)31-27(25(26)29)16(2)23-14-20-6-4-5-7-22(20)32-23/h4-16H,1-3H3,(H2,26,29). The molecule has 7 heteroatoms. The number of hydrogen-bond acceptors (Lipinski definition) is 5. The number of benzene rings is 3. The quantitative estimate of drug-likeness (QED) is 0.393. The number of carbonyl (C=O) groups excluding carboxylic acids is 2. The molecule has 3 aromatic carbocycles. The van der Waals surface area contributed by atoms with E-state index in [4.69, 9.17) is 15.3 Å². The van der Waals surface area contributed by atoms with Gasteiger partial charge in [-0.05, 0) is 59.8 Å². The number of nitrogens with two attached hydrogens (primary N) is 1. The zero-order chi connectivity index (χ0) is 22.8. The molecular weight excluding hydrogens is 424 g/mol. The van der Waals surface area contributed by atoms with Crippen molar-refractivity contribution in [2.45, 2.75) is 25.8 Å². The Morgan fingerprint density at radius 3 is 2.38 bits per heavy atom. The molecule has 2 N–H and O–H groups in total. The first kappa shape index (κ1) is 21.6. The summed E-state index contributed by atoms with van der Waals surface area (Å²) in [6.45, 7) is 3.53. The molecule has 0 saturated carbocycles. The summed E-state index contributed by atoms with van der Waals surface area (Å²) in [5.74, 6) is -0.368. The maximum Gasteiger partial charge on any atom is 0.348 e. The van der Waals surface area contributed by atoms with Crippen LogP contribution in [0.15, 0.2) is 66.7 Å². The molecule has 0 spiro atoms. The fourth-order valence-corrected chi connectivity index (χ4v) is 4.69. The number of primary amides is 1. The summed E-state index contributed by atoms with van der Waals surface area (Å²) in [5.41, 5.74) is 6.34. The number of amides is 2. The SMILES string of the molecule is COc1ccc2cc(C(C)C(=O)ON(C(N)=O)C(C)c3cc4ccccc4s3)ccc2c1. The second-order valence-electron chi connectivity index (χ2n) is 7.63. The molecule has 0 fully saturated rings. The lowest BCUT2D eigenvalue weighted by atomic mass is 9.98. The van der Waals surface area contributed by atoms with Crippen molar-refractivity contribution < 1.29 is 19.2 Å². The van der Waals surface area contributed by atoms with Gasteiger partial charge in [0.05, 0.1) is 13.0 Å². The number of carbonyl (C=O) groups is 2. The van der Waals surface area contributed by atoms with Gasteiger partial charge in [0.1, 0.15) is 11.8 Å². The van der Waals surface area contributed by atoms with Crippen LogP contribution in [0.25, 0.3) is 20.9 Å². The Kier molecular flexibility index (Phi) is 6.01. The van der Waals surface area contributed by atoms with Crippen molar-refractivity contribution >= 4 is 44.2 Å². The number of methoxy groups -OCH3 is 1. The third-order valence-corrected chi connectivity index (χ3v) is 6.83. The molecule has 32 heavy (non-hydrogen) atoms. The Bertz CT molecular complexity index is 1270. The zero-order valence-electron chi connectivity index (χ0n) is 18.1. The van der Waals surface area contributed by atoms with Crippen LogP contribution >= 0.6 is 11.3 Å². The number of rotatable bonds is 5. The highest BCUT2D eigenvalue weighted by atomic mass is 32.1. The van der Waals surface area contributed by atoms with Crippen molar-refractivity contribution in [3.8, 4) is 5.75 Å². The van der Waals surface area contributed by atoms with Crippen LogP contribution < -0.4 is 10.5 Å². The first-order valence-electron chi connectivity index (χ1n) is 10.2. The number of urea groups is 1. The molecule has 1 heterocycles. The van der Waals surface area contributed by atoms with E-state index in [0.29, 0.717) is 0 Å². The largest absolute Gasteiger partial charge is 0.497 e. The molecule has 6 nitrogen and oxygen atoms in total. The van der Waals surface area contributed by atoms with E-state index in [2.05, 4.69) is 0 Å². The van der Waals surface area contributed by atoms with Gasteiger partial charge in [0.15, 0.2) is 0 Å². The monoisotopic (exact) mass is 448 g/mol. The van der Waals surface area contributed by atoms with Gasteiger partial charge in [0, 0.05) is 9.58 Å². The van der Waals surface area contributed by atoms with Gasteiger partial charge in [0.2, 0.25) is 0 Å². The van der Waals surface area contributed by atoms with Gasteiger partial charge < -0.3 is 15.3 Å². The van der Waals surface area contributed by atoms with Crippen molar-refractivity contribution in [2.75, 3.05) is 7.11 Å². The number of fused-ring (bicyclic) bond motifs is 2. The number of ether oxygens (including phenoxy) is 1. The van der Waals surface area contributed by atoms with Crippen LogP contribution in [0.2, 0.25) is 0 Å². The van der Waals surface area contributed by atoms with Gasteiger partial charge >= 0.3 is 12.0 Å². The molecule has 0 radical (unpaired) electrons. The summed E-state index contributed by atoms with van der Waals surface area (Å²) >= 11 is 1.54. The fraction of sp³-hybridized carbons (Fsp3) is 0.200. The summed E-state index contributed by atoms with van der Waals surface area (Å²) < 4.78 is 6.35. The van der Waals surface area contributed by atoms with Gasteiger partial charge in [-0.15, -0.1) is 16.4 Å². The first-order chi connectivity index (χ1) is 15.4. The highest BCUT2D eigenvalue weighted by Crippen LogP contribution is 2.33. The van der Waals surface area contributed by atoms with Gasteiger partial charge in [-0.25, -0.2) is 9.59 Å². The van der Waals surface area contributed by atoms with E-state index >= 15 is 0 Å². The lowest BCUT2D eigenvalue weighted by molar-refractivity contribution is -0.185. The molecule has 0 saturated heterocycles. The molecule has 0 aliphatic heterocycles. The normalized spacial score (nSPS) is 13.0. The Hall–Kier alpha value is -3.58. The zero-order valence-corrected chi connectivity index (χ0v) is 18.9. The van der Waals surface area contributed by atoms with Crippen molar-refractivity contribution in [1.29, 1.82) is 0 Å². The maximum absolute atomic E-state index is 12.9. The molecule has 4 aromatic rings. The van der Waals surface area contributed by atoms with Gasteiger partial charge in [0.25, 0.3) is 0 Å². The van der Waals surface area contributed by atoms with Gasteiger partial charge in [-0.1, -0.05) is 42.5 Å². The minimum atomic E-state index is -0.818. The fourth-order valence-electron chi connectivity index (χ4n) is 3.59. The van der Waals surface area contributed by atoms with Gasteiger partial charge in [-0.3, -0.25) is 0 Å². The number of hydrogen-bond donors (Lipinski definition) is 1. The van der Waals surface area contributed by atoms with Gasteiger partial charge in [-0.2, -0.15) is 0 Å². The van der Waals surface area contributed by atoms with Crippen LogP contribution in [0.4, 0.5) is 4.79 Å². The Balaban J connectivity index is 1.54. The number of nitrogens with zero attached hydrogens (tertiary/aromatic N) is 1. The van der Waals surface area contributed by atoms with Crippen LogP contribution in [0.1, 0.15) is 36.2 Å². The average molecular weight is 449 g/mol. The Labute approximate surface area is 190 Å². The highest BCUT2D eigenvalue weighted by molar-refractivity contribution is 7.19. The minimum absolute atomic E-state index is 0.509. The summed E-state index contributed by atoms with van der Waals surface area (Å²) in [6, 6.07) is 20.1. The Morgan fingerprint density at radius 2 is 1.66 bits per heavy atom. The van der Waals surface area contributed by atoms with E-state index < -0.39 is 24.0 Å². The van der Waals surface area contributed by atoms with Crippen LogP contribution in [-0.4, -0.2) is 24.2 Å². The maximum atomic E-state index is 12.9. The third kappa shape index (κ3) is 4.24. The lowest BCUT2D eigenvalue weighted by Gasteiger charge is -2.26. The van der Waals surface area contributed by atoms with E-state index in [1.165, 1.54) is 11.3 Å². The molecular formula is C25H24N2O4S. The third-order valence-electron chi connectivity index (χ3n) is 5.54. The molecule has 0 bridgehead atoms. The summed E-state index contributed by atoms with van der Waals surface area (Å²) in [4.78, 5) is 31.4. The van der Waals surface area contributed by atoms with Crippen molar-refractivity contribution in [3.63, 3.8) is 0 Å². The molecule has 1 aromatic heterocycles. The predicted molar refractivity (Wildman–Crippen MR) is 127 cm³/mol. The van der Waals surface area contributed by atoms with E-state index in [-0.39, 0.29) is 0 Å². The second kappa shape index (κ2) is 8.88. The average Bonchev–Trinajstić information content (AvgIpc) is 3.25. The molecule has 4 rings (SSSR count). The predicted octanol–water partition coefficient (Wildman–Crippen LogP) is 5.77. The van der Waals surface area contributed by atoms with Crippen LogP contribution in [-0.2, 0) is 9.63 Å². The van der Waals surface area contributed by atoms with Crippen LogP contribution in [0.3, 0.4) is 0 Å². The minimum Gasteiger partial charge on any atom is -0.497 e. The summed E-state index contributed by atoms with van der Waals surface area (Å²) in [6.07, 6.45) is 0. The smallest absolute Gasteiger partial charge is 0.348 e. The van der Waals surface area contributed by atoms with Crippen molar-refractivity contribution in [3.05, 3.63) is 77.2 Å². The molecule has 2 unspecified atom stereocenters.